The van der Waals surface area contributed by atoms with Crippen molar-refractivity contribution in [1.29, 1.82) is 0 Å². The first-order valence-corrected chi connectivity index (χ1v) is 9.42. The fourth-order valence-electron chi connectivity index (χ4n) is 3.56. The molecular weight excluding hydrogens is 338 g/mol. The minimum Gasteiger partial charge on any atom is -0.371 e. The van der Waals surface area contributed by atoms with E-state index in [-0.39, 0.29) is 16.8 Å². The number of hydrogen-bond acceptors (Lipinski definition) is 6. The summed E-state index contributed by atoms with van der Waals surface area (Å²) in [6.45, 7) is 5.68. The first-order chi connectivity index (χ1) is 12.1. The van der Waals surface area contributed by atoms with Gasteiger partial charge in [0.1, 0.15) is 11.3 Å². The molecule has 1 atom stereocenters. The second kappa shape index (κ2) is 6.46. The summed E-state index contributed by atoms with van der Waals surface area (Å²) < 4.78 is 11.3. The molecule has 2 aliphatic heterocycles. The summed E-state index contributed by atoms with van der Waals surface area (Å²) in [5.74, 6) is 1.60. The normalized spacial score (nSPS) is 21.5. The molecule has 0 radical (unpaired) electrons. The zero-order valence-electron chi connectivity index (χ0n) is 14.4. The Bertz CT molecular complexity index is 752. The third-order valence-electron chi connectivity index (χ3n) is 4.86. The first kappa shape index (κ1) is 16.6. The van der Waals surface area contributed by atoms with Crippen molar-refractivity contribution in [2.45, 2.75) is 37.7 Å². The summed E-state index contributed by atoms with van der Waals surface area (Å²) in [7, 11) is 0. The summed E-state index contributed by atoms with van der Waals surface area (Å²) in [5, 5.41) is 3.88. The standard InChI is InChI=1S/C18H21N3O3S/c1-12-16(13(2)24-20-12)17(22)21-10-18(11-21)7-15(9-25-18)23-8-14-5-3-4-6-19-14/h3-6,15H,7-11H2,1-2H3. The van der Waals surface area contributed by atoms with Gasteiger partial charge in [0.05, 0.1) is 28.8 Å². The van der Waals surface area contributed by atoms with Crippen LogP contribution in [0.1, 0.15) is 33.9 Å². The van der Waals surface area contributed by atoms with E-state index in [1.54, 1.807) is 13.1 Å². The molecule has 4 heterocycles. The van der Waals surface area contributed by atoms with E-state index in [4.69, 9.17) is 9.26 Å². The van der Waals surface area contributed by atoms with Crippen LogP contribution in [0.5, 0.6) is 0 Å². The third-order valence-corrected chi connectivity index (χ3v) is 6.44. The Labute approximate surface area is 150 Å². The molecule has 0 bridgehead atoms. The van der Waals surface area contributed by atoms with Crippen LogP contribution >= 0.6 is 11.8 Å². The lowest BCUT2D eigenvalue weighted by molar-refractivity contribution is 0.0244. The first-order valence-electron chi connectivity index (χ1n) is 8.44. The average molecular weight is 359 g/mol. The van der Waals surface area contributed by atoms with E-state index >= 15 is 0 Å². The van der Waals surface area contributed by atoms with E-state index < -0.39 is 0 Å². The molecule has 25 heavy (non-hydrogen) atoms. The van der Waals surface area contributed by atoms with Crippen LogP contribution in [-0.2, 0) is 11.3 Å². The summed E-state index contributed by atoms with van der Waals surface area (Å²) in [6.07, 6.45) is 2.99. The second-order valence-electron chi connectivity index (χ2n) is 6.81. The molecule has 0 N–H and O–H groups in total. The SMILES string of the molecule is Cc1noc(C)c1C(=O)N1CC2(CC(OCc3ccccn3)CS2)C1. The van der Waals surface area contributed by atoms with E-state index in [1.165, 1.54) is 0 Å². The van der Waals surface area contributed by atoms with E-state index in [2.05, 4.69) is 10.1 Å². The minimum absolute atomic E-state index is 0.0281. The largest absolute Gasteiger partial charge is 0.371 e. The molecule has 0 saturated carbocycles. The van der Waals surface area contributed by atoms with Gasteiger partial charge in [0, 0.05) is 25.0 Å². The van der Waals surface area contributed by atoms with Gasteiger partial charge in [-0.3, -0.25) is 9.78 Å². The zero-order valence-corrected chi connectivity index (χ0v) is 15.2. The highest BCUT2D eigenvalue weighted by atomic mass is 32.2. The molecule has 1 amide bonds. The molecular formula is C18H21N3O3S. The number of ether oxygens (including phenoxy) is 1. The van der Waals surface area contributed by atoms with Gasteiger partial charge >= 0.3 is 0 Å². The fraction of sp³-hybridized carbons (Fsp3) is 0.500. The second-order valence-corrected chi connectivity index (χ2v) is 8.30. The van der Waals surface area contributed by atoms with Gasteiger partial charge in [0.2, 0.25) is 0 Å². The van der Waals surface area contributed by atoms with Gasteiger partial charge in [-0.2, -0.15) is 0 Å². The van der Waals surface area contributed by atoms with E-state index in [9.17, 15) is 4.79 Å². The zero-order chi connectivity index (χ0) is 17.4. The third kappa shape index (κ3) is 3.18. The number of carbonyl (C=O) groups excluding carboxylic acids is 1. The van der Waals surface area contributed by atoms with Gasteiger partial charge in [-0.15, -0.1) is 11.8 Å². The molecule has 0 aromatic carbocycles. The van der Waals surface area contributed by atoms with Gasteiger partial charge in [0.15, 0.2) is 0 Å². The van der Waals surface area contributed by atoms with E-state index in [0.29, 0.717) is 23.6 Å². The fourth-order valence-corrected chi connectivity index (χ4v) is 5.11. The van der Waals surface area contributed by atoms with Crippen molar-refractivity contribution in [2.24, 2.45) is 0 Å². The van der Waals surface area contributed by atoms with Crippen LogP contribution < -0.4 is 0 Å². The molecule has 2 fully saturated rings. The Balaban J connectivity index is 1.31. The molecule has 2 aromatic rings. The maximum atomic E-state index is 12.6. The lowest BCUT2D eigenvalue weighted by Crippen LogP contribution is -2.60. The van der Waals surface area contributed by atoms with Crippen LogP contribution in [0, 0.1) is 13.8 Å². The molecule has 0 aliphatic carbocycles. The number of amides is 1. The summed E-state index contributed by atoms with van der Waals surface area (Å²) in [6, 6.07) is 5.86. The summed E-state index contributed by atoms with van der Waals surface area (Å²) in [5.41, 5.74) is 2.23. The summed E-state index contributed by atoms with van der Waals surface area (Å²) in [4.78, 5) is 18.8. The van der Waals surface area contributed by atoms with Crippen molar-refractivity contribution in [3.63, 3.8) is 0 Å². The molecule has 2 saturated heterocycles. The van der Waals surface area contributed by atoms with Gasteiger partial charge in [0.25, 0.3) is 5.91 Å². The topological polar surface area (TPSA) is 68.5 Å². The Morgan fingerprint density at radius 1 is 1.44 bits per heavy atom. The molecule has 2 aliphatic rings. The molecule has 7 heteroatoms. The molecule has 132 valence electrons. The van der Waals surface area contributed by atoms with Crippen LogP contribution in [0.2, 0.25) is 0 Å². The smallest absolute Gasteiger partial charge is 0.259 e. The predicted molar refractivity (Wildman–Crippen MR) is 94.5 cm³/mol. The number of nitrogens with zero attached hydrogens (tertiary/aromatic N) is 3. The highest BCUT2D eigenvalue weighted by molar-refractivity contribution is 8.01. The maximum Gasteiger partial charge on any atom is 0.259 e. The number of thioether (sulfide) groups is 1. The van der Waals surface area contributed by atoms with E-state index in [1.807, 2.05) is 41.8 Å². The predicted octanol–water partition coefficient (Wildman–Crippen LogP) is 2.60. The van der Waals surface area contributed by atoms with Crippen LogP contribution in [0.25, 0.3) is 0 Å². The van der Waals surface area contributed by atoms with Crippen molar-refractivity contribution in [1.82, 2.24) is 15.0 Å². The quantitative estimate of drug-likeness (QED) is 0.836. The van der Waals surface area contributed by atoms with Gasteiger partial charge in [-0.05, 0) is 32.4 Å². The number of carbonyl (C=O) groups is 1. The minimum atomic E-state index is 0.0281. The average Bonchev–Trinajstić information content (AvgIpc) is 3.16. The Kier molecular flexibility index (Phi) is 4.29. The molecule has 6 nitrogen and oxygen atoms in total. The lowest BCUT2D eigenvalue weighted by atomic mass is 9.92. The number of rotatable bonds is 4. The molecule has 1 unspecified atom stereocenters. The Hall–Kier alpha value is -1.86. The van der Waals surface area contributed by atoms with E-state index in [0.717, 1.165) is 31.0 Å². The molecule has 1 spiro atoms. The Morgan fingerprint density at radius 2 is 2.28 bits per heavy atom. The molecule has 4 rings (SSSR count). The van der Waals surface area contributed by atoms with Gasteiger partial charge < -0.3 is 14.2 Å². The highest BCUT2D eigenvalue weighted by Gasteiger charge is 2.51. The molecule has 2 aromatic heterocycles. The number of pyridine rings is 1. The van der Waals surface area contributed by atoms with Crippen LogP contribution in [0.15, 0.2) is 28.9 Å². The van der Waals surface area contributed by atoms with Crippen molar-refractivity contribution in [3.05, 3.63) is 47.1 Å². The number of likely N-dealkylation sites (tertiary alicyclic amines) is 1. The van der Waals surface area contributed by atoms with Gasteiger partial charge in [-0.25, -0.2) is 0 Å². The van der Waals surface area contributed by atoms with Crippen LogP contribution in [0.4, 0.5) is 0 Å². The monoisotopic (exact) mass is 359 g/mol. The Morgan fingerprint density at radius 3 is 2.96 bits per heavy atom. The lowest BCUT2D eigenvalue weighted by Gasteiger charge is -2.47. The highest BCUT2D eigenvalue weighted by Crippen LogP contribution is 2.46. The number of aromatic nitrogens is 2. The van der Waals surface area contributed by atoms with Gasteiger partial charge in [-0.1, -0.05) is 11.2 Å². The van der Waals surface area contributed by atoms with Crippen molar-refractivity contribution >= 4 is 17.7 Å². The number of aryl methyl sites for hydroxylation is 2. The van der Waals surface area contributed by atoms with Crippen LogP contribution in [0.3, 0.4) is 0 Å². The summed E-state index contributed by atoms with van der Waals surface area (Å²) >= 11 is 1.92. The van der Waals surface area contributed by atoms with Crippen molar-refractivity contribution in [2.75, 3.05) is 18.8 Å². The van der Waals surface area contributed by atoms with Crippen molar-refractivity contribution in [3.8, 4) is 0 Å². The number of hydrogen-bond donors (Lipinski definition) is 0. The van der Waals surface area contributed by atoms with Crippen molar-refractivity contribution < 1.29 is 14.1 Å². The van der Waals surface area contributed by atoms with Crippen LogP contribution in [-0.4, -0.2) is 50.6 Å². The maximum absolute atomic E-state index is 12.6.